The molecule has 1 fully saturated rings. The summed E-state index contributed by atoms with van der Waals surface area (Å²) < 4.78 is 28.5. The molecular formula is C16H23NO4S. The van der Waals surface area contributed by atoms with Gasteiger partial charge < -0.3 is 9.64 Å². The first-order chi connectivity index (χ1) is 10.3. The van der Waals surface area contributed by atoms with Crippen LogP contribution in [0.5, 0.6) is 5.75 Å². The normalized spacial score (nSPS) is 18.7. The molecule has 1 aliphatic rings. The predicted octanol–water partition coefficient (Wildman–Crippen LogP) is 1.83. The number of hydrogen-bond acceptors (Lipinski definition) is 4. The monoisotopic (exact) mass is 325 g/mol. The molecule has 0 spiro atoms. The molecule has 1 aliphatic heterocycles. The van der Waals surface area contributed by atoms with Gasteiger partial charge in [-0.05, 0) is 30.0 Å². The zero-order valence-corrected chi connectivity index (χ0v) is 14.1. The van der Waals surface area contributed by atoms with Gasteiger partial charge in [-0.3, -0.25) is 4.79 Å². The van der Waals surface area contributed by atoms with Crippen LogP contribution >= 0.6 is 0 Å². The smallest absolute Gasteiger partial charge is 0.260 e. The van der Waals surface area contributed by atoms with Gasteiger partial charge >= 0.3 is 0 Å². The van der Waals surface area contributed by atoms with Crippen LogP contribution in [0.25, 0.3) is 0 Å². The highest BCUT2D eigenvalue weighted by molar-refractivity contribution is 7.91. The molecule has 1 amide bonds. The first-order valence-corrected chi connectivity index (χ1v) is 9.42. The highest BCUT2D eigenvalue weighted by Gasteiger charge is 2.32. The van der Waals surface area contributed by atoms with E-state index in [1.54, 1.807) is 4.90 Å². The first-order valence-electron chi connectivity index (χ1n) is 7.47. The molecule has 1 saturated heterocycles. The van der Waals surface area contributed by atoms with Gasteiger partial charge in [-0.25, -0.2) is 8.42 Å². The van der Waals surface area contributed by atoms with E-state index in [0.717, 1.165) is 0 Å². The lowest BCUT2D eigenvalue weighted by Gasteiger charge is -2.16. The molecule has 0 radical (unpaired) electrons. The number of likely N-dealkylation sites (tertiary alicyclic amines) is 1. The quantitative estimate of drug-likeness (QED) is 0.828. The summed E-state index contributed by atoms with van der Waals surface area (Å²) in [7, 11) is -3.08. The largest absolute Gasteiger partial charge is 0.484 e. The summed E-state index contributed by atoms with van der Waals surface area (Å²) in [6.07, 6.45) is 1.73. The van der Waals surface area contributed by atoms with Crippen molar-refractivity contribution in [1.82, 2.24) is 4.90 Å². The molecule has 0 aromatic heterocycles. The van der Waals surface area contributed by atoms with Gasteiger partial charge in [0.25, 0.3) is 5.91 Å². The van der Waals surface area contributed by atoms with Crippen LogP contribution in [0.4, 0.5) is 0 Å². The maximum atomic E-state index is 12.1. The molecule has 1 atom stereocenters. The Kier molecular flexibility index (Phi) is 5.11. The number of hydrogen-bond donors (Lipinski definition) is 0. The van der Waals surface area contributed by atoms with Crippen LogP contribution in [0.2, 0.25) is 0 Å². The lowest BCUT2D eigenvalue weighted by molar-refractivity contribution is -0.132. The maximum absolute atomic E-state index is 12.1. The van der Waals surface area contributed by atoms with Gasteiger partial charge in [-0.2, -0.15) is 0 Å². The highest BCUT2D eigenvalue weighted by Crippen LogP contribution is 2.19. The number of rotatable bonds is 5. The van der Waals surface area contributed by atoms with Crippen molar-refractivity contribution < 1.29 is 17.9 Å². The third-order valence-electron chi connectivity index (χ3n) is 4.01. The third kappa shape index (κ3) is 4.22. The SMILES string of the molecule is CC(C)c1ccc(OCC(=O)N2CCC(S(C)(=O)=O)C2)cc1. The van der Waals surface area contributed by atoms with Crippen LogP contribution in [0, 0.1) is 0 Å². The Bertz CT molecular complexity index is 622. The van der Waals surface area contributed by atoms with E-state index in [9.17, 15) is 13.2 Å². The topological polar surface area (TPSA) is 63.7 Å². The summed E-state index contributed by atoms with van der Waals surface area (Å²) in [4.78, 5) is 13.6. The number of nitrogens with zero attached hydrogens (tertiary/aromatic N) is 1. The molecule has 1 aromatic carbocycles. The zero-order chi connectivity index (χ0) is 16.3. The van der Waals surface area contributed by atoms with Gasteiger partial charge in [-0.15, -0.1) is 0 Å². The number of sulfone groups is 1. The molecule has 0 aliphatic carbocycles. The van der Waals surface area contributed by atoms with E-state index in [1.165, 1.54) is 11.8 Å². The minimum Gasteiger partial charge on any atom is -0.484 e. The maximum Gasteiger partial charge on any atom is 0.260 e. The van der Waals surface area contributed by atoms with E-state index in [1.807, 2.05) is 24.3 Å². The number of carbonyl (C=O) groups excluding carboxylic acids is 1. The van der Waals surface area contributed by atoms with Gasteiger partial charge in [0.15, 0.2) is 16.4 Å². The van der Waals surface area contributed by atoms with Crippen LogP contribution < -0.4 is 4.74 Å². The summed E-state index contributed by atoms with van der Waals surface area (Å²) in [5.74, 6) is 0.934. The molecule has 1 heterocycles. The summed E-state index contributed by atoms with van der Waals surface area (Å²) in [6, 6.07) is 7.68. The van der Waals surface area contributed by atoms with Crippen molar-refractivity contribution in [2.45, 2.75) is 31.4 Å². The molecule has 0 N–H and O–H groups in total. The van der Waals surface area contributed by atoms with Crippen LogP contribution in [0.15, 0.2) is 24.3 Å². The van der Waals surface area contributed by atoms with E-state index in [-0.39, 0.29) is 19.1 Å². The van der Waals surface area contributed by atoms with Gasteiger partial charge in [0.1, 0.15) is 5.75 Å². The summed E-state index contributed by atoms with van der Waals surface area (Å²) in [6.45, 7) is 4.92. The van der Waals surface area contributed by atoms with E-state index >= 15 is 0 Å². The average Bonchev–Trinajstić information content (AvgIpc) is 2.95. The summed E-state index contributed by atoms with van der Waals surface area (Å²) in [5.41, 5.74) is 1.22. The minimum atomic E-state index is -3.08. The van der Waals surface area contributed by atoms with Gasteiger partial charge in [-0.1, -0.05) is 26.0 Å². The van der Waals surface area contributed by atoms with Crippen molar-refractivity contribution in [2.75, 3.05) is 26.0 Å². The van der Waals surface area contributed by atoms with Crippen molar-refractivity contribution >= 4 is 15.7 Å². The minimum absolute atomic E-state index is 0.0580. The van der Waals surface area contributed by atoms with Crippen molar-refractivity contribution in [3.63, 3.8) is 0 Å². The van der Waals surface area contributed by atoms with Crippen LogP contribution in [0.3, 0.4) is 0 Å². The fourth-order valence-electron chi connectivity index (χ4n) is 2.49. The zero-order valence-electron chi connectivity index (χ0n) is 13.3. The van der Waals surface area contributed by atoms with Gasteiger partial charge in [0.2, 0.25) is 0 Å². The number of benzene rings is 1. The molecule has 2 rings (SSSR count). The van der Waals surface area contributed by atoms with Crippen LogP contribution in [-0.4, -0.2) is 50.4 Å². The second-order valence-electron chi connectivity index (χ2n) is 6.09. The highest BCUT2D eigenvalue weighted by atomic mass is 32.2. The fraction of sp³-hybridized carbons (Fsp3) is 0.562. The van der Waals surface area contributed by atoms with Gasteiger partial charge in [0.05, 0.1) is 5.25 Å². The van der Waals surface area contributed by atoms with Crippen LogP contribution in [0.1, 0.15) is 31.7 Å². The summed E-state index contributed by atoms with van der Waals surface area (Å²) >= 11 is 0. The molecular weight excluding hydrogens is 302 g/mol. The Hall–Kier alpha value is -1.56. The second kappa shape index (κ2) is 6.69. The van der Waals surface area contributed by atoms with Crippen molar-refractivity contribution in [3.8, 4) is 5.75 Å². The molecule has 1 aromatic rings. The Labute approximate surface area is 132 Å². The van der Waals surface area contributed by atoms with Crippen molar-refractivity contribution in [2.24, 2.45) is 0 Å². The Morgan fingerprint density at radius 3 is 2.45 bits per heavy atom. The number of amides is 1. The molecule has 0 bridgehead atoms. The molecule has 6 heteroatoms. The van der Waals surface area contributed by atoms with Crippen LogP contribution in [-0.2, 0) is 14.6 Å². The Morgan fingerprint density at radius 1 is 1.32 bits per heavy atom. The molecule has 1 unspecified atom stereocenters. The number of carbonyl (C=O) groups is 1. The van der Waals surface area contributed by atoms with E-state index in [2.05, 4.69) is 13.8 Å². The standard InChI is InChI=1S/C16H23NO4S/c1-12(2)13-4-6-14(7-5-13)21-11-16(18)17-9-8-15(10-17)22(3,19)20/h4-7,12,15H,8-11H2,1-3H3. The molecule has 22 heavy (non-hydrogen) atoms. The lowest BCUT2D eigenvalue weighted by atomic mass is 10.0. The Morgan fingerprint density at radius 2 is 1.95 bits per heavy atom. The predicted molar refractivity (Wildman–Crippen MR) is 85.9 cm³/mol. The average molecular weight is 325 g/mol. The molecule has 0 saturated carbocycles. The Balaban J connectivity index is 1.86. The lowest BCUT2D eigenvalue weighted by Crippen LogP contribution is -2.34. The summed E-state index contributed by atoms with van der Waals surface area (Å²) in [5, 5.41) is -0.443. The second-order valence-corrected chi connectivity index (χ2v) is 8.42. The molecule has 122 valence electrons. The van der Waals surface area contributed by atoms with E-state index < -0.39 is 15.1 Å². The first kappa shape index (κ1) is 16.8. The fourth-order valence-corrected chi connectivity index (χ4v) is 3.47. The third-order valence-corrected chi connectivity index (χ3v) is 5.61. The molecule has 5 nitrogen and oxygen atoms in total. The van der Waals surface area contributed by atoms with E-state index in [4.69, 9.17) is 4.74 Å². The van der Waals surface area contributed by atoms with Gasteiger partial charge in [0, 0.05) is 19.3 Å². The van der Waals surface area contributed by atoms with Crippen molar-refractivity contribution in [3.05, 3.63) is 29.8 Å². The van der Waals surface area contributed by atoms with Crippen molar-refractivity contribution in [1.29, 1.82) is 0 Å². The van der Waals surface area contributed by atoms with E-state index in [0.29, 0.717) is 24.6 Å². The number of ether oxygens (including phenoxy) is 1.